The Hall–Kier alpha value is -2.48. The molecule has 5 rings (SSSR count). The van der Waals surface area contributed by atoms with E-state index in [4.69, 9.17) is 26.1 Å². The normalized spacial score (nSPS) is 15.1. The molecule has 0 N–H and O–H groups in total. The van der Waals surface area contributed by atoms with Crippen LogP contribution >= 0.6 is 68.1 Å². The molecule has 0 saturated heterocycles. The van der Waals surface area contributed by atoms with Crippen LogP contribution < -0.4 is 19.6 Å². The van der Waals surface area contributed by atoms with Crippen LogP contribution in [0.4, 0.5) is 0 Å². The van der Waals surface area contributed by atoms with Crippen LogP contribution in [-0.4, -0.2) is 23.2 Å². The molecule has 1 aromatic heterocycles. The second-order valence-electron chi connectivity index (χ2n) is 9.46. The lowest BCUT2D eigenvalue weighted by Crippen LogP contribution is -2.40. The Morgan fingerprint density at radius 2 is 1.76 bits per heavy atom. The molecule has 41 heavy (non-hydrogen) atoms. The maximum Gasteiger partial charge on any atom is 0.338 e. The van der Waals surface area contributed by atoms with E-state index in [1.165, 1.54) is 11.3 Å². The number of hydrogen-bond donors (Lipinski definition) is 0. The number of nitrogens with zero attached hydrogens (tertiary/aromatic N) is 2. The van der Waals surface area contributed by atoms with E-state index < -0.39 is 12.0 Å². The van der Waals surface area contributed by atoms with E-state index >= 15 is 0 Å². The van der Waals surface area contributed by atoms with E-state index in [0.29, 0.717) is 25.6 Å². The molecule has 6 nitrogen and oxygen atoms in total. The summed E-state index contributed by atoms with van der Waals surface area (Å²) in [7, 11) is 0. The molecule has 0 fully saturated rings. The maximum atomic E-state index is 14.1. The van der Waals surface area contributed by atoms with Crippen LogP contribution in [0.15, 0.2) is 82.1 Å². The second kappa shape index (κ2) is 12.8. The highest BCUT2D eigenvalue weighted by Crippen LogP contribution is 2.35. The summed E-state index contributed by atoms with van der Waals surface area (Å²) in [5.74, 6) is 0.309. The number of aromatic nitrogens is 1. The zero-order valence-corrected chi connectivity index (χ0v) is 28.2. The van der Waals surface area contributed by atoms with Crippen LogP contribution in [0.5, 0.6) is 5.75 Å². The van der Waals surface area contributed by atoms with E-state index in [1.807, 2.05) is 74.5 Å². The SMILES string of the molecule is CCOC(=O)C1=C(c2ccccc2)N=c2s/c(=C\c3cc(I)c(OC(C)C)c(I)c3)c(=O)n2[C@@H]1c1ccc(Cl)cc1. The van der Waals surface area contributed by atoms with Crippen LogP contribution in [-0.2, 0) is 9.53 Å². The van der Waals surface area contributed by atoms with Crippen molar-refractivity contribution in [2.75, 3.05) is 6.61 Å². The van der Waals surface area contributed by atoms with E-state index in [2.05, 4.69) is 45.2 Å². The predicted octanol–water partition coefficient (Wildman–Crippen LogP) is 6.59. The second-order valence-corrected chi connectivity index (χ2v) is 13.2. The van der Waals surface area contributed by atoms with Crippen molar-refractivity contribution in [2.45, 2.75) is 32.9 Å². The monoisotopic (exact) mass is 810 g/mol. The standard InChI is InChI=1S/C31H25ClI2N2O4S/c1-4-39-30(38)25-26(19-8-6-5-7-9-19)35-31-36(27(25)20-10-12-21(32)13-11-20)29(37)24(41-31)16-18-14-22(33)28(23(34)15-18)40-17(2)3/h5-17,27H,4H2,1-3H3/b24-16-/t27-/m1/s1. The summed E-state index contributed by atoms with van der Waals surface area (Å²) in [5.41, 5.74) is 2.91. The van der Waals surface area contributed by atoms with Crippen molar-refractivity contribution in [3.63, 3.8) is 0 Å². The minimum absolute atomic E-state index is 0.0480. The van der Waals surface area contributed by atoms with Crippen molar-refractivity contribution in [1.29, 1.82) is 0 Å². The Morgan fingerprint density at radius 1 is 1.10 bits per heavy atom. The number of fused-ring (bicyclic) bond motifs is 1. The topological polar surface area (TPSA) is 69.9 Å². The lowest BCUT2D eigenvalue weighted by Gasteiger charge is -2.25. The number of carbonyl (C=O) groups is 1. The van der Waals surface area contributed by atoms with E-state index in [0.717, 1.165) is 29.6 Å². The number of hydrogen-bond acceptors (Lipinski definition) is 6. The van der Waals surface area contributed by atoms with Crippen LogP contribution in [0.1, 0.15) is 43.5 Å². The first-order valence-corrected chi connectivity index (χ1v) is 16.2. The molecule has 10 heteroatoms. The summed E-state index contributed by atoms with van der Waals surface area (Å²) in [6, 6.07) is 19.9. The molecule has 2 heterocycles. The summed E-state index contributed by atoms with van der Waals surface area (Å²) < 4.78 is 15.5. The Balaban J connectivity index is 1.77. The van der Waals surface area contributed by atoms with Gasteiger partial charge in [-0.1, -0.05) is 65.4 Å². The zero-order chi connectivity index (χ0) is 29.3. The fourth-order valence-corrected chi connectivity index (χ4v) is 7.76. The molecule has 1 aliphatic rings. The first-order chi connectivity index (χ1) is 19.7. The highest BCUT2D eigenvalue weighted by Gasteiger charge is 2.35. The van der Waals surface area contributed by atoms with Gasteiger partial charge < -0.3 is 9.47 Å². The summed E-state index contributed by atoms with van der Waals surface area (Å²) in [6.45, 7) is 5.93. The van der Waals surface area contributed by atoms with Crippen molar-refractivity contribution in [2.24, 2.45) is 4.99 Å². The number of carbonyl (C=O) groups excluding carboxylic acids is 1. The Bertz CT molecular complexity index is 1810. The van der Waals surface area contributed by atoms with Gasteiger partial charge in [0.2, 0.25) is 0 Å². The average molecular weight is 811 g/mol. The number of benzene rings is 3. The van der Waals surface area contributed by atoms with Crippen LogP contribution in [0.3, 0.4) is 0 Å². The Labute approximate surface area is 273 Å². The number of rotatable bonds is 7. The summed E-state index contributed by atoms with van der Waals surface area (Å²) in [4.78, 5) is 33.0. The molecular formula is C31H25ClI2N2O4S. The van der Waals surface area contributed by atoms with E-state index in [-0.39, 0.29) is 18.3 Å². The van der Waals surface area contributed by atoms with Gasteiger partial charge in [0.25, 0.3) is 5.56 Å². The largest absolute Gasteiger partial charge is 0.489 e. The van der Waals surface area contributed by atoms with Gasteiger partial charge in [0.1, 0.15) is 5.75 Å². The summed E-state index contributed by atoms with van der Waals surface area (Å²) in [5, 5.41) is 0.556. The molecule has 1 atom stereocenters. The van der Waals surface area contributed by atoms with Gasteiger partial charge >= 0.3 is 5.97 Å². The van der Waals surface area contributed by atoms with Crippen molar-refractivity contribution in [1.82, 2.24) is 4.57 Å². The first-order valence-electron chi connectivity index (χ1n) is 12.9. The highest BCUT2D eigenvalue weighted by atomic mass is 127. The predicted molar refractivity (Wildman–Crippen MR) is 180 cm³/mol. The molecule has 4 aromatic rings. The Kier molecular flexibility index (Phi) is 9.37. The van der Waals surface area contributed by atoms with Gasteiger partial charge in [0, 0.05) is 10.6 Å². The number of halogens is 3. The molecule has 0 amide bonds. The quantitative estimate of drug-likeness (QED) is 0.156. The molecule has 0 bridgehead atoms. The van der Waals surface area contributed by atoms with Gasteiger partial charge in [0.05, 0.1) is 41.7 Å². The number of esters is 1. The lowest BCUT2D eigenvalue weighted by atomic mass is 9.93. The highest BCUT2D eigenvalue weighted by molar-refractivity contribution is 14.1. The average Bonchev–Trinajstić information content (AvgIpc) is 3.25. The number of thiazole rings is 1. The third kappa shape index (κ3) is 6.32. The van der Waals surface area contributed by atoms with Gasteiger partial charge in [-0.25, -0.2) is 9.79 Å². The van der Waals surface area contributed by atoms with Crippen molar-refractivity contribution in [3.05, 3.63) is 121 Å². The summed E-state index contributed by atoms with van der Waals surface area (Å²) >= 11 is 12.0. The van der Waals surface area contributed by atoms with E-state index in [9.17, 15) is 9.59 Å². The molecule has 0 unspecified atom stereocenters. The van der Waals surface area contributed by atoms with Crippen LogP contribution in [0.25, 0.3) is 11.8 Å². The molecule has 0 spiro atoms. The lowest BCUT2D eigenvalue weighted by molar-refractivity contribution is -0.138. The van der Waals surface area contributed by atoms with Gasteiger partial charge in [0.15, 0.2) is 4.80 Å². The van der Waals surface area contributed by atoms with Crippen LogP contribution in [0.2, 0.25) is 5.02 Å². The molecular weight excluding hydrogens is 786 g/mol. The number of ether oxygens (including phenoxy) is 2. The van der Waals surface area contributed by atoms with Crippen molar-refractivity contribution >= 4 is 85.9 Å². The van der Waals surface area contributed by atoms with Gasteiger partial charge in [-0.2, -0.15) is 0 Å². The maximum absolute atomic E-state index is 14.1. The third-order valence-corrected chi connectivity index (χ3v) is 9.07. The van der Waals surface area contributed by atoms with Crippen molar-refractivity contribution in [3.8, 4) is 5.75 Å². The Morgan fingerprint density at radius 3 is 2.37 bits per heavy atom. The minimum atomic E-state index is -0.748. The molecule has 0 radical (unpaired) electrons. The fourth-order valence-electron chi connectivity index (χ4n) is 4.56. The summed E-state index contributed by atoms with van der Waals surface area (Å²) in [6.07, 6.45) is 1.91. The smallest absolute Gasteiger partial charge is 0.338 e. The fraction of sp³-hybridized carbons (Fsp3) is 0.194. The van der Waals surface area contributed by atoms with Gasteiger partial charge in [-0.15, -0.1) is 0 Å². The van der Waals surface area contributed by atoms with Gasteiger partial charge in [-0.05, 0) is 107 Å². The molecule has 0 saturated carbocycles. The molecule has 3 aromatic carbocycles. The van der Waals surface area contributed by atoms with Crippen LogP contribution in [0, 0.1) is 7.14 Å². The van der Waals surface area contributed by atoms with Crippen molar-refractivity contribution < 1.29 is 14.3 Å². The zero-order valence-electron chi connectivity index (χ0n) is 22.4. The third-order valence-electron chi connectivity index (χ3n) is 6.23. The van der Waals surface area contributed by atoms with E-state index in [1.54, 1.807) is 23.6 Å². The molecule has 210 valence electrons. The molecule has 0 aliphatic carbocycles. The van der Waals surface area contributed by atoms with Gasteiger partial charge in [-0.3, -0.25) is 9.36 Å². The minimum Gasteiger partial charge on any atom is -0.489 e. The molecule has 1 aliphatic heterocycles. The first kappa shape index (κ1) is 30.0.